The zero-order chi connectivity index (χ0) is 18.0. The van der Waals surface area contributed by atoms with Crippen molar-refractivity contribution in [2.75, 3.05) is 13.1 Å². The molecule has 132 valence electrons. The van der Waals surface area contributed by atoms with E-state index in [1.807, 2.05) is 0 Å². The second kappa shape index (κ2) is 6.66. The molecule has 3 rings (SSSR count). The van der Waals surface area contributed by atoms with E-state index in [0.717, 1.165) is 12.1 Å². The van der Waals surface area contributed by atoms with Gasteiger partial charge in [0.25, 0.3) is 5.91 Å². The van der Waals surface area contributed by atoms with Crippen LogP contribution in [-0.2, 0) is 6.18 Å². The molecular formula is C16H13F4N3O2. The number of hydrogen-bond acceptors (Lipinski definition) is 4. The fraction of sp³-hybridized carbons (Fsp3) is 0.312. The summed E-state index contributed by atoms with van der Waals surface area (Å²) in [6.07, 6.45) is -3.73. The number of rotatable bonds is 3. The highest BCUT2D eigenvalue weighted by Crippen LogP contribution is 2.28. The largest absolute Gasteiger partial charge is 0.472 e. The molecule has 0 N–H and O–H groups in total. The molecule has 1 unspecified atom stereocenters. The van der Waals surface area contributed by atoms with Crippen molar-refractivity contribution in [1.82, 2.24) is 14.9 Å². The van der Waals surface area contributed by atoms with Crippen LogP contribution in [0.1, 0.15) is 22.5 Å². The molecule has 1 aliphatic heterocycles. The molecule has 0 saturated carbocycles. The minimum Gasteiger partial charge on any atom is -0.472 e. The fourth-order valence-electron chi connectivity index (χ4n) is 2.48. The molecule has 1 fully saturated rings. The Kier molecular flexibility index (Phi) is 4.56. The summed E-state index contributed by atoms with van der Waals surface area (Å²) in [6.45, 7) is 0.585. The first-order valence-electron chi connectivity index (χ1n) is 7.44. The molecule has 3 heterocycles. The standard InChI is InChI=1S/C16H13F4N3O2/c17-13-2-1-3-14(22-13)25-11-6-7-23(9-11)15(24)12-5-4-10(8-21-12)16(18,19)20/h1-5,8,11H,6-7,9H2. The van der Waals surface area contributed by atoms with Gasteiger partial charge >= 0.3 is 6.18 Å². The molecule has 0 aromatic carbocycles. The summed E-state index contributed by atoms with van der Waals surface area (Å²) in [5, 5.41) is 0. The lowest BCUT2D eigenvalue weighted by Gasteiger charge is -2.17. The van der Waals surface area contributed by atoms with E-state index in [9.17, 15) is 22.4 Å². The van der Waals surface area contributed by atoms with Gasteiger partial charge in [-0.3, -0.25) is 9.78 Å². The maximum Gasteiger partial charge on any atom is 0.417 e. The first kappa shape index (κ1) is 17.1. The normalized spacial score (nSPS) is 17.6. The summed E-state index contributed by atoms with van der Waals surface area (Å²) in [4.78, 5) is 20.9. The van der Waals surface area contributed by atoms with Crippen LogP contribution in [0.15, 0.2) is 36.5 Å². The molecule has 0 spiro atoms. The number of hydrogen-bond donors (Lipinski definition) is 0. The number of alkyl halides is 3. The van der Waals surface area contributed by atoms with Crippen LogP contribution in [0.2, 0.25) is 0 Å². The third-order valence-corrected chi connectivity index (χ3v) is 3.72. The number of likely N-dealkylation sites (tertiary alicyclic amines) is 1. The molecule has 2 aromatic heterocycles. The number of nitrogens with zero attached hydrogens (tertiary/aromatic N) is 3. The van der Waals surface area contributed by atoms with Crippen molar-refractivity contribution in [3.05, 3.63) is 53.7 Å². The number of carbonyl (C=O) groups is 1. The van der Waals surface area contributed by atoms with Crippen molar-refractivity contribution in [2.45, 2.75) is 18.7 Å². The van der Waals surface area contributed by atoms with Crippen molar-refractivity contribution >= 4 is 5.91 Å². The predicted octanol–water partition coefficient (Wildman–Crippen LogP) is 2.93. The van der Waals surface area contributed by atoms with E-state index in [0.29, 0.717) is 19.2 Å². The summed E-state index contributed by atoms with van der Waals surface area (Å²) in [6, 6.07) is 6.02. The molecule has 0 aliphatic carbocycles. The topological polar surface area (TPSA) is 55.3 Å². The minimum atomic E-state index is -4.50. The second-order valence-corrected chi connectivity index (χ2v) is 5.51. The lowest BCUT2D eigenvalue weighted by molar-refractivity contribution is -0.137. The molecule has 2 aromatic rings. The van der Waals surface area contributed by atoms with Gasteiger partial charge in [0, 0.05) is 25.2 Å². The van der Waals surface area contributed by atoms with Gasteiger partial charge in [0.15, 0.2) is 0 Å². The first-order valence-corrected chi connectivity index (χ1v) is 7.44. The smallest absolute Gasteiger partial charge is 0.417 e. The van der Waals surface area contributed by atoms with E-state index in [-0.39, 0.29) is 24.2 Å². The van der Waals surface area contributed by atoms with E-state index in [4.69, 9.17) is 4.74 Å². The Morgan fingerprint density at radius 1 is 1.24 bits per heavy atom. The van der Waals surface area contributed by atoms with Crippen LogP contribution in [0, 0.1) is 5.95 Å². The van der Waals surface area contributed by atoms with Gasteiger partial charge in [0.05, 0.1) is 12.1 Å². The van der Waals surface area contributed by atoms with Crippen LogP contribution in [-0.4, -0.2) is 40.0 Å². The zero-order valence-corrected chi connectivity index (χ0v) is 12.8. The van der Waals surface area contributed by atoms with E-state index in [2.05, 4.69) is 9.97 Å². The van der Waals surface area contributed by atoms with Gasteiger partial charge in [-0.25, -0.2) is 0 Å². The van der Waals surface area contributed by atoms with Gasteiger partial charge in [0.2, 0.25) is 11.8 Å². The Bertz CT molecular complexity index is 765. The van der Waals surface area contributed by atoms with Crippen LogP contribution in [0.4, 0.5) is 17.6 Å². The quantitative estimate of drug-likeness (QED) is 0.628. The Morgan fingerprint density at radius 3 is 2.68 bits per heavy atom. The summed E-state index contributed by atoms with van der Waals surface area (Å²) < 4.78 is 56.1. The lowest BCUT2D eigenvalue weighted by atomic mass is 10.2. The maximum atomic E-state index is 13.0. The average Bonchev–Trinajstić information content (AvgIpc) is 3.02. The second-order valence-electron chi connectivity index (χ2n) is 5.51. The number of carbonyl (C=O) groups excluding carboxylic acids is 1. The summed E-state index contributed by atoms with van der Waals surface area (Å²) in [7, 11) is 0. The van der Waals surface area contributed by atoms with Gasteiger partial charge < -0.3 is 9.64 Å². The van der Waals surface area contributed by atoms with Crippen molar-refractivity contribution < 1.29 is 27.1 Å². The summed E-state index contributed by atoms with van der Waals surface area (Å²) in [5.41, 5.74) is -0.985. The molecule has 9 heteroatoms. The Morgan fingerprint density at radius 2 is 2.04 bits per heavy atom. The number of pyridine rings is 2. The summed E-state index contributed by atoms with van der Waals surface area (Å²) >= 11 is 0. The van der Waals surface area contributed by atoms with E-state index in [1.54, 1.807) is 0 Å². The van der Waals surface area contributed by atoms with Gasteiger partial charge in [-0.05, 0) is 18.2 Å². The first-order chi connectivity index (χ1) is 11.8. The van der Waals surface area contributed by atoms with Crippen LogP contribution in [0.5, 0.6) is 5.88 Å². The molecule has 1 amide bonds. The average molecular weight is 355 g/mol. The molecule has 5 nitrogen and oxygen atoms in total. The third-order valence-electron chi connectivity index (χ3n) is 3.72. The van der Waals surface area contributed by atoms with Crippen molar-refractivity contribution in [1.29, 1.82) is 0 Å². The van der Waals surface area contributed by atoms with E-state index in [1.165, 1.54) is 23.1 Å². The Balaban J connectivity index is 1.62. The molecule has 25 heavy (non-hydrogen) atoms. The molecule has 0 bridgehead atoms. The molecule has 1 saturated heterocycles. The third kappa shape index (κ3) is 4.04. The number of ether oxygens (including phenoxy) is 1. The Labute approximate surface area is 140 Å². The van der Waals surface area contributed by atoms with Crippen LogP contribution in [0.3, 0.4) is 0 Å². The molecule has 1 aliphatic rings. The van der Waals surface area contributed by atoms with Crippen LogP contribution >= 0.6 is 0 Å². The number of amides is 1. The van der Waals surface area contributed by atoms with Gasteiger partial charge in [-0.15, -0.1) is 0 Å². The van der Waals surface area contributed by atoms with Gasteiger partial charge in [-0.2, -0.15) is 22.5 Å². The van der Waals surface area contributed by atoms with Crippen molar-refractivity contribution in [3.63, 3.8) is 0 Å². The van der Waals surface area contributed by atoms with E-state index >= 15 is 0 Å². The molecule has 1 atom stereocenters. The maximum absolute atomic E-state index is 13.0. The SMILES string of the molecule is O=C(c1ccc(C(F)(F)F)cn1)N1CCC(Oc2cccc(F)n2)C1. The zero-order valence-electron chi connectivity index (χ0n) is 12.8. The van der Waals surface area contributed by atoms with Gasteiger partial charge in [0.1, 0.15) is 11.8 Å². The highest BCUT2D eigenvalue weighted by molar-refractivity contribution is 5.92. The summed E-state index contributed by atoms with van der Waals surface area (Å²) in [5.74, 6) is -1.03. The van der Waals surface area contributed by atoms with Crippen LogP contribution < -0.4 is 4.74 Å². The predicted molar refractivity (Wildman–Crippen MR) is 78.4 cm³/mol. The minimum absolute atomic E-state index is 0.0717. The highest BCUT2D eigenvalue weighted by Gasteiger charge is 2.32. The van der Waals surface area contributed by atoms with Crippen molar-refractivity contribution in [3.8, 4) is 5.88 Å². The number of halogens is 4. The van der Waals surface area contributed by atoms with Crippen LogP contribution in [0.25, 0.3) is 0 Å². The highest BCUT2D eigenvalue weighted by atomic mass is 19.4. The molecule has 0 radical (unpaired) electrons. The van der Waals surface area contributed by atoms with Gasteiger partial charge in [-0.1, -0.05) is 6.07 Å². The monoisotopic (exact) mass is 355 g/mol. The number of aromatic nitrogens is 2. The fourth-order valence-corrected chi connectivity index (χ4v) is 2.48. The van der Waals surface area contributed by atoms with E-state index < -0.39 is 23.6 Å². The van der Waals surface area contributed by atoms with Crippen molar-refractivity contribution in [2.24, 2.45) is 0 Å². The Hall–Kier alpha value is -2.71. The molecular weight excluding hydrogens is 342 g/mol. The lowest BCUT2D eigenvalue weighted by Crippen LogP contribution is -2.31.